The van der Waals surface area contributed by atoms with Gasteiger partial charge in [0.05, 0.1) is 0 Å². The zero-order valence-corrected chi connectivity index (χ0v) is 12.5. The van der Waals surface area contributed by atoms with Gasteiger partial charge in [0.15, 0.2) is 0 Å². The molecule has 2 nitrogen and oxygen atoms in total. The van der Waals surface area contributed by atoms with Crippen molar-refractivity contribution in [3.8, 4) is 5.75 Å². The number of hydrogen-bond acceptors (Lipinski definition) is 2. The lowest BCUT2D eigenvalue weighted by atomic mass is 9.97. The molecule has 0 saturated carbocycles. The fourth-order valence-electron chi connectivity index (χ4n) is 3.28. The molecule has 3 rings (SSSR count). The fraction of sp³-hybridized carbons (Fsp3) is 0.368. The molecule has 2 atom stereocenters. The van der Waals surface area contributed by atoms with Crippen molar-refractivity contribution in [3.63, 3.8) is 0 Å². The van der Waals surface area contributed by atoms with Crippen LogP contribution in [0.15, 0.2) is 48.5 Å². The maximum atomic E-state index is 9.71. The molecule has 2 N–H and O–H groups in total. The van der Waals surface area contributed by atoms with Crippen LogP contribution in [0.5, 0.6) is 5.75 Å². The van der Waals surface area contributed by atoms with Crippen molar-refractivity contribution in [2.45, 2.75) is 44.7 Å². The summed E-state index contributed by atoms with van der Waals surface area (Å²) in [4.78, 5) is 0. The molecule has 2 aromatic rings. The highest BCUT2D eigenvalue weighted by Gasteiger charge is 2.20. The summed E-state index contributed by atoms with van der Waals surface area (Å²) in [7, 11) is 0. The Labute approximate surface area is 126 Å². The lowest BCUT2D eigenvalue weighted by Crippen LogP contribution is -2.24. The molecule has 0 bridgehead atoms. The number of aryl methyl sites for hydroxylation is 1. The molecular formula is C19H23NO. The van der Waals surface area contributed by atoms with Gasteiger partial charge in [0.2, 0.25) is 0 Å². The minimum Gasteiger partial charge on any atom is -0.508 e. The smallest absolute Gasteiger partial charge is 0.115 e. The lowest BCUT2D eigenvalue weighted by molar-refractivity contribution is 0.436. The van der Waals surface area contributed by atoms with Crippen LogP contribution in [0.25, 0.3) is 0 Å². The van der Waals surface area contributed by atoms with Gasteiger partial charge in [0.25, 0.3) is 0 Å². The van der Waals surface area contributed by atoms with E-state index in [-0.39, 0.29) is 0 Å². The Kier molecular flexibility index (Phi) is 4.26. The Morgan fingerprint density at radius 2 is 1.90 bits per heavy atom. The van der Waals surface area contributed by atoms with Crippen LogP contribution in [0.1, 0.15) is 55.0 Å². The minimum absolute atomic E-state index is 0.330. The molecule has 0 heterocycles. The average Bonchev–Trinajstić information content (AvgIpc) is 2.70. The molecule has 0 fully saturated rings. The van der Waals surface area contributed by atoms with Crippen molar-refractivity contribution in [2.75, 3.05) is 0 Å². The van der Waals surface area contributed by atoms with E-state index < -0.39 is 0 Å². The van der Waals surface area contributed by atoms with Crippen LogP contribution in [0, 0.1) is 0 Å². The molecule has 0 spiro atoms. The first kappa shape index (κ1) is 14.2. The van der Waals surface area contributed by atoms with Gasteiger partial charge in [-0.25, -0.2) is 0 Å². The third-order valence-electron chi connectivity index (χ3n) is 4.44. The number of aromatic hydroxyl groups is 1. The largest absolute Gasteiger partial charge is 0.508 e. The molecule has 0 radical (unpaired) electrons. The molecule has 1 aliphatic carbocycles. The Bertz CT molecular complexity index is 594. The van der Waals surface area contributed by atoms with E-state index in [1.165, 1.54) is 29.5 Å². The van der Waals surface area contributed by atoms with Gasteiger partial charge < -0.3 is 10.4 Å². The van der Waals surface area contributed by atoms with E-state index in [4.69, 9.17) is 0 Å². The SMILES string of the molecule is C[C@@H](NC1CCCCc2cc(O)ccc21)c1ccccc1. The van der Waals surface area contributed by atoms with Gasteiger partial charge in [-0.15, -0.1) is 0 Å². The van der Waals surface area contributed by atoms with E-state index in [0.717, 1.165) is 12.8 Å². The van der Waals surface area contributed by atoms with E-state index in [9.17, 15) is 5.11 Å². The molecule has 0 aliphatic heterocycles. The number of benzene rings is 2. The third-order valence-corrected chi connectivity index (χ3v) is 4.44. The predicted octanol–water partition coefficient (Wildman–Crippen LogP) is 4.51. The molecule has 1 aliphatic rings. The molecule has 110 valence electrons. The first-order valence-electron chi connectivity index (χ1n) is 7.87. The first-order valence-corrected chi connectivity index (χ1v) is 7.87. The van der Waals surface area contributed by atoms with E-state index in [0.29, 0.717) is 17.8 Å². The van der Waals surface area contributed by atoms with Crippen molar-refractivity contribution < 1.29 is 5.11 Å². The zero-order chi connectivity index (χ0) is 14.7. The standard InChI is InChI=1S/C19H23NO/c1-14(15-7-3-2-4-8-15)20-19-10-6-5-9-16-13-17(21)11-12-18(16)19/h2-4,7-8,11-14,19-21H,5-6,9-10H2,1H3/t14-,19?/m1/s1. The Hall–Kier alpha value is -1.80. The summed E-state index contributed by atoms with van der Waals surface area (Å²) >= 11 is 0. The third kappa shape index (κ3) is 3.27. The van der Waals surface area contributed by atoms with Gasteiger partial charge in [-0.2, -0.15) is 0 Å². The van der Waals surface area contributed by atoms with Crippen LogP contribution in [0.4, 0.5) is 0 Å². The first-order chi connectivity index (χ1) is 10.2. The van der Waals surface area contributed by atoms with Gasteiger partial charge >= 0.3 is 0 Å². The van der Waals surface area contributed by atoms with Gasteiger partial charge in [0.1, 0.15) is 5.75 Å². The van der Waals surface area contributed by atoms with Crippen LogP contribution < -0.4 is 5.32 Å². The van der Waals surface area contributed by atoms with Crippen molar-refractivity contribution >= 4 is 0 Å². The number of phenols is 1. The van der Waals surface area contributed by atoms with Crippen LogP contribution in [-0.2, 0) is 6.42 Å². The number of phenolic OH excluding ortho intramolecular Hbond substituents is 1. The van der Waals surface area contributed by atoms with Crippen LogP contribution in [0.3, 0.4) is 0 Å². The summed E-state index contributed by atoms with van der Waals surface area (Å²) in [6.45, 7) is 2.22. The second-order valence-corrected chi connectivity index (χ2v) is 5.98. The molecule has 21 heavy (non-hydrogen) atoms. The van der Waals surface area contributed by atoms with Gasteiger partial charge in [-0.1, -0.05) is 42.8 Å². The van der Waals surface area contributed by atoms with Crippen molar-refractivity contribution in [3.05, 3.63) is 65.2 Å². The summed E-state index contributed by atoms with van der Waals surface area (Å²) in [5.74, 6) is 0.380. The molecular weight excluding hydrogens is 258 g/mol. The molecule has 0 saturated heterocycles. The van der Waals surface area contributed by atoms with Crippen molar-refractivity contribution in [1.29, 1.82) is 0 Å². The van der Waals surface area contributed by atoms with E-state index >= 15 is 0 Å². The highest BCUT2D eigenvalue weighted by molar-refractivity contribution is 5.38. The summed E-state index contributed by atoms with van der Waals surface area (Å²) in [6.07, 6.45) is 4.67. The Morgan fingerprint density at radius 3 is 2.71 bits per heavy atom. The minimum atomic E-state index is 0.330. The monoisotopic (exact) mass is 281 g/mol. The van der Waals surface area contributed by atoms with Crippen LogP contribution in [0.2, 0.25) is 0 Å². The molecule has 2 heteroatoms. The molecule has 2 aromatic carbocycles. The quantitative estimate of drug-likeness (QED) is 0.811. The maximum Gasteiger partial charge on any atom is 0.115 e. The molecule has 0 aromatic heterocycles. The molecule has 1 unspecified atom stereocenters. The predicted molar refractivity (Wildman–Crippen MR) is 86.4 cm³/mol. The summed E-state index contributed by atoms with van der Waals surface area (Å²) in [5.41, 5.74) is 3.97. The van der Waals surface area contributed by atoms with Crippen LogP contribution in [-0.4, -0.2) is 5.11 Å². The summed E-state index contributed by atoms with van der Waals surface area (Å²) in [6, 6.07) is 17.1. The number of hydrogen-bond donors (Lipinski definition) is 2. The zero-order valence-electron chi connectivity index (χ0n) is 12.5. The van der Waals surface area contributed by atoms with Gasteiger partial charge in [0, 0.05) is 12.1 Å². The highest BCUT2D eigenvalue weighted by atomic mass is 16.3. The average molecular weight is 281 g/mol. The number of nitrogens with one attached hydrogen (secondary N) is 1. The Morgan fingerprint density at radius 1 is 1.10 bits per heavy atom. The fourth-order valence-corrected chi connectivity index (χ4v) is 3.28. The summed E-state index contributed by atoms with van der Waals surface area (Å²) in [5, 5.41) is 13.5. The Balaban J connectivity index is 1.82. The van der Waals surface area contributed by atoms with Crippen molar-refractivity contribution in [1.82, 2.24) is 5.32 Å². The van der Waals surface area contributed by atoms with Gasteiger partial charge in [-0.05, 0) is 55.0 Å². The lowest BCUT2D eigenvalue weighted by Gasteiger charge is -2.24. The van der Waals surface area contributed by atoms with E-state index in [2.05, 4.69) is 48.6 Å². The number of rotatable bonds is 3. The maximum absolute atomic E-state index is 9.71. The summed E-state index contributed by atoms with van der Waals surface area (Å²) < 4.78 is 0. The highest BCUT2D eigenvalue weighted by Crippen LogP contribution is 2.32. The second-order valence-electron chi connectivity index (χ2n) is 5.98. The topological polar surface area (TPSA) is 32.3 Å². The van der Waals surface area contributed by atoms with Gasteiger partial charge in [-0.3, -0.25) is 0 Å². The second kappa shape index (κ2) is 6.31. The van der Waals surface area contributed by atoms with E-state index in [1.54, 1.807) is 0 Å². The number of fused-ring (bicyclic) bond motifs is 1. The normalized spacial score (nSPS) is 19.6. The van der Waals surface area contributed by atoms with E-state index in [1.807, 2.05) is 12.1 Å². The van der Waals surface area contributed by atoms with Crippen LogP contribution >= 0.6 is 0 Å². The molecule has 0 amide bonds. The van der Waals surface area contributed by atoms with Crippen molar-refractivity contribution in [2.24, 2.45) is 0 Å².